The fourth-order valence-electron chi connectivity index (χ4n) is 2.86. The van der Waals surface area contributed by atoms with Gasteiger partial charge in [-0.2, -0.15) is 0 Å². The summed E-state index contributed by atoms with van der Waals surface area (Å²) in [6.07, 6.45) is 2.53. The van der Waals surface area contributed by atoms with E-state index in [1.807, 2.05) is 11.3 Å². The van der Waals surface area contributed by atoms with Crippen LogP contribution in [0.1, 0.15) is 17.7 Å². The van der Waals surface area contributed by atoms with Crippen LogP contribution in [0, 0.1) is 5.92 Å². The maximum Gasteiger partial charge on any atom is 0.0637 e. The van der Waals surface area contributed by atoms with Gasteiger partial charge in [0.1, 0.15) is 0 Å². The normalized spacial score (nSPS) is 21.1. The molecule has 0 saturated carbocycles. The predicted octanol–water partition coefficient (Wildman–Crippen LogP) is 3.73. The number of hydrogen-bond donors (Lipinski definition) is 1. The maximum absolute atomic E-state index is 6.51. The summed E-state index contributed by atoms with van der Waals surface area (Å²) in [5.41, 5.74) is 5.80. The van der Waals surface area contributed by atoms with Crippen molar-refractivity contribution in [2.75, 3.05) is 19.6 Å². The third-order valence-corrected chi connectivity index (χ3v) is 5.60. The van der Waals surface area contributed by atoms with E-state index < -0.39 is 0 Å². The van der Waals surface area contributed by atoms with Crippen molar-refractivity contribution in [1.82, 2.24) is 4.90 Å². The number of benzene rings is 1. The molecule has 2 N–H and O–H groups in total. The molecule has 4 heteroatoms. The quantitative estimate of drug-likeness (QED) is 0.935. The van der Waals surface area contributed by atoms with Crippen LogP contribution in [-0.4, -0.2) is 24.5 Å². The molecule has 19 heavy (non-hydrogen) atoms. The minimum atomic E-state index is 0.655. The highest BCUT2D eigenvalue weighted by atomic mass is 35.5. The minimum absolute atomic E-state index is 0.655. The number of nitrogens with zero attached hydrogens (tertiary/aromatic N) is 1. The lowest BCUT2D eigenvalue weighted by Gasteiger charge is -2.31. The third-order valence-electron chi connectivity index (χ3n) is 3.91. The second-order valence-electron chi connectivity index (χ2n) is 5.31. The Morgan fingerprint density at radius 2 is 2.21 bits per heavy atom. The van der Waals surface area contributed by atoms with Gasteiger partial charge in [0.05, 0.1) is 5.02 Å². The summed E-state index contributed by atoms with van der Waals surface area (Å²) in [5, 5.41) is 2.13. The molecule has 0 radical (unpaired) electrons. The van der Waals surface area contributed by atoms with E-state index in [1.54, 1.807) is 0 Å². The largest absolute Gasteiger partial charge is 0.330 e. The highest BCUT2D eigenvalue weighted by Crippen LogP contribution is 2.36. The molecule has 1 atom stereocenters. The highest BCUT2D eigenvalue weighted by molar-refractivity contribution is 7.19. The van der Waals surface area contributed by atoms with Gasteiger partial charge in [-0.15, -0.1) is 11.3 Å². The van der Waals surface area contributed by atoms with Gasteiger partial charge in [-0.1, -0.05) is 29.8 Å². The Kier molecular flexibility index (Phi) is 4.08. The standard InChI is InChI=1S/C15H19ClN2S/c16-15-12-5-1-2-6-13(12)19-14(15)10-18-7-3-4-11(8-17)9-18/h1-2,5-6,11H,3-4,7-10,17H2. The molecule has 0 aliphatic carbocycles. The molecule has 0 bridgehead atoms. The molecule has 1 aliphatic heterocycles. The molecule has 1 aliphatic rings. The van der Waals surface area contributed by atoms with Gasteiger partial charge in [-0.3, -0.25) is 4.90 Å². The molecular weight excluding hydrogens is 276 g/mol. The molecule has 2 heterocycles. The Morgan fingerprint density at radius 1 is 1.37 bits per heavy atom. The number of hydrogen-bond acceptors (Lipinski definition) is 3. The van der Waals surface area contributed by atoms with Crippen molar-refractivity contribution in [2.24, 2.45) is 11.7 Å². The van der Waals surface area contributed by atoms with E-state index in [1.165, 1.54) is 34.3 Å². The van der Waals surface area contributed by atoms with Crippen LogP contribution in [0.5, 0.6) is 0 Å². The Morgan fingerprint density at radius 3 is 3.00 bits per heavy atom. The summed E-state index contributed by atoms with van der Waals surface area (Å²) in [6, 6.07) is 8.38. The summed E-state index contributed by atoms with van der Waals surface area (Å²) in [5.74, 6) is 0.655. The van der Waals surface area contributed by atoms with E-state index in [0.717, 1.165) is 24.7 Å². The van der Waals surface area contributed by atoms with Crippen molar-refractivity contribution in [2.45, 2.75) is 19.4 Å². The van der Waals surface area contributed by atoms with Crippen LogP contribution in [0.4, 0.5) is 0 Å². The zero-order valence-corrected chi connectivity index (χ0v) is 12.5. The van der Waals surface area contributed by atoms with Crippen LogP contribution >= 0.6 is 22.9 Å². The van der Waals surface area contributed by atoms with Crippen LogP contribution in [0.15, 0.2) is 24.3 Å². The Bertz CT molecular complexity index is 566. The van der Waals surface area contributed by atoms with Crippen LogP contribution in [-0.2, 0) is 6.54 Å². The van der Waals surface area contributed by atoms with E-state index in [9.17, 15) is 0 Å². The molecule has 1 unspecified atom stereocenters. The molecule has 0 spiro atoms. The molecule has 1 aromatic heterocycles. The number of piperidine rings is 1. The number of nitrogens with two attached hydrogens (primary N) is 1. The first-order valence-electron chi connectivity index (χ1n) is 6.86. The van der Waals surface area contributed by atoms with Gasteiger partial charge in [-0.25, -0.2) is 0 Å². The van der Waals surface area contributed by atoms with E-state index in [-0.39, 0.29) is 0 Å². The average molecular weight is 295 g/mol. The van der Waals surface area contributed by atoms with Gasteiger partial charge >= 0.3 is 0 Å². The van der Waals surface area contributed by atoms with Crippen molar-refractivity contribution in [3.8, 4) is 0 Å². The second kappa shape index (κ2) is 5.80. The lowest BCUT2D eigenvalue weighted by Crippen LogP contribution is -2.37. The Labute approximate surface area is 123 Å². The van der Waals surface area contributed by atoms with E-state index in [0.29, 0.717) is 5.92 Å². The zero-order chi connectivity index (χ0) is 13.2. The van der Waals surface area contributed by atoms with Crippen molar-refractivity contribution in [3.05, 3.63) is 34.2 Å². The Hall–Kier alpha value is -0.610. The SMILES string of the molecule is NCC1CCCN(Cc2sc3ccccc3c2Cl)C1. The first kappa shape index (κ1) is 13.4. The summed E-state index contributed by atoms with van der Waals surface area (Å²) in [7, 11) is 0. The number of halogens is 1. The number of likely N-dealkylation sites (tertiary alicyclic amines) is 1. The fourth-order valence-corrected chi connectivity index (χ4v) is 4.39. The van der Waals surface area contributed by atoms with Crippen molar-refractivity contribution in [1.29, 1.82) is 0 Å². The van der Waals surface area contributed by atoms with Crippen molar-refractivity contribution < 1.29 is 0 Å². The van der Waals surface area contributed by atoms with Crippen LogP contribution in [0.25, 0.3) is 10.1 Å². The molecule has 2 nitrogen and oxygen atoms in total. The second-order valence-corrected chi connectivity index (χ2v) is 6.83. The number of rotatable bonds is 3. The smallest absolute Gasteiger partial charge is 0.0637 e. The third kappa shape index (κ3) is 2.79. The maximum atomic E-state index is 6.51. The van der Waals surface area contributed by atoms with Gasteiger partial charge in [0.25, 0.3) is 0 Å². The summed E-state index contributed by atoms with van der Waals surface area (Å²) < 4.78 is 1.29. The minimum Gasteiger partial charge on any atom is -0.330 e. The summed E-state index contributed by atoms with van der Waals surface area (Å²) >= 11 is 8.33. The lowest BCUT2D eigenvalue weighted by molar-refractivity contribution is 0.172. The van der Waals surface area contributed by atoms with E-state index >= 15 is 0 Å². The first-order chi connectivity index (χ1) is 9.28. The molecular formula is C15H19ClN2S. The van der Waals surface area contributed by atoms with Gasteiger partial charge in [0, 0.05) is 28.1 Å². The molecule has 1 fully saturated rings. The molecule has 3 rings (SSSR count). The highest BCUT2D eigenvalue weighted by Gasteiger charge is 2.20. The van der Waals surface area contributed by atoms with Gasteiger partial charge in [0.2, 0.25) is 0 Å². The van der Waals surface area contributed by atoms with Crippen LogP contribution < -0.4 is 5.73 Å². The van der Waals surface area contributed by atoms with Crippen molar-refractivity contribution in [3.63, 3.8) is 0 Å². The predicted molar refractivity (Wildman–Crippen MR) is 83.9 cm³/mol. The molecule has 0 amide bonds. The molecule has 1 aromatic carbocycles. The Balaban J connectivity index is 1.79. The molecule has 2 aromatic rings. The molecule has 102 valence electrons. The summed E-state index contributed by atoms with van der Waals surface area (Å²) in [6.45, 7) is 4.05. The first-order valence-corrected chi connectivity index (χ1v) is 8.05. The monoisotopic (exact) mass is 294 g/mol. The van der Waals surface area contributed by atoms with Crippen molar-refractivity contribution >= 4 is 33.0 Å². The van der Waals surface area contributed by atoms with Crippen LogP contribution in [0.2, 0.25) is 5.02 Å². The fraction of sp³-hybridized carbons (Fsp3) is 0.467. The zero-order valence-electron chi connectivity index (χ0n) is 10.9. The number of thiophene rings is 1. The topological polar surface area (TPSA) is 29.3 Å². The van der Waals surface area contributed by atoms with E-state index in [2.05, 4.69) is 29.2 Å². The van der Waals surface area contributed by atoms with Gasteiger partial charge in [-0.05, 0) is 37.9 Å². The van der Waals surface area contributed by atoms with E-state index in [4.69, 9.17) is 17.3 Å². The average Bonchev–Trinajstić information content (AvgIpc) is 2.76. The lowest BCUT2D eigenvalue weighted by atomic mass is 9.98. The molecule has 1 saturated heterocycles. The van der Waals surface area contributed by atoms with Gasteiger partial charge in [0.15, 0.2) is 0 Å². The number of fused-ring (bicyclic) bond motifs is 1. The van der Waals surface area contributed by atoms with Crippen LogP contribution in [0.3, 0.4) is 0 Å². The summed E-state index contributed by atoms with van der Waals surface area (Å²) in [4.78, 5) is 3.79. The van der Waals surface area contributed by atoms with Gasteiger partial charge < -0.3 is 5.73 Å².